The van der Waals surface area contributed by atoms with Crippen molar-refractivity contribution in [1.29, 1.82) is 0 Å². The Morgan fingerprint density at radius 3 is 2.62 bits per heavy atom. The van der Waals surface area contributed by atoms with E-state index in [1.807, 2.05) is 43.3 Å². The second-order valence-corrected chi connectivity index (χ2v) is 9.21. The Kier molecular flexibility index (Phi) is 4.22. The highest BCUT2D eigenvalue weighted by Crippen LogP contribution is 2.43. The normalized spacial score (nSPS) is 15.6. The number of carbonyl (C=O) groups is 1. The number of fused-ring (bicyclic) bond motifs is 3. The Bertz CT molecular complexity index is 1600. The highest BCUT2D eigenvalue weighted by Gasteiger charge is 2.44. The molecule has 0 saturated carbocycles. The molecular weight excluding hydrogens is 444 g/mol. The third kappa shape index (κ3) is 2.80. The van der Waals surface area contributed by atoms with E-state index in [9.17, 15) is 9.59 Å². The van der Waals surface area contributed by atoms with E-state index in [2.05, 4.69) is 4.98 Å². The van der Waals surface area contributed by atoms with Crippen molar-refractivity contribution in [2.75, 3.05) is 4.90 Å². The van der Waals surface area contributed by atoms with Crippen LogP contribution in [0.2, 0.25) is 5.02 Å². The molecule has 0 spiro atoms. The van der Waals surface area contributed by atoms with Crippen molar-refractivity contribution in [3.05, 3.63) is 104 Å². The van der Waals surface area contributed by atoms with Crippen LogP contribution in [0.4, 0.5) is 5.13 Å². The molecule has 1 atom stereocenters. The van der Waals surface area contributed by atoms with Crippen molar-refractivity contribution in [3.8, 4) is 0 Å². The quantitative estimate of drug-likeness (QED) is 0.320. The standard InChI is InChI=1S/C25H15ClN2O3S/c1-13-6-8-14(9-7-13)21-20-22(29)16-4-2-3-5-18(16)31-23(20)24(30)28(21)25-27-17-11-10-15(26)12-19(17)32-25/h2-12,21H,1H3/t21-/m0/s1. The Morgan fingerprint density at radius 1 is 1.03 bits per heavy atom. The zero-order chi connectivity index (χ0) is 22.0. The summed E-state index contributed by atoms with van der Waals surface area (Å²) in [5.41, 5.74) is 3.19. The van der Waals surface area contributed by atoms with Crippen LogP contribution < -0.4 is 10.3 Å². The first-order valence-corrected chi connectivity index (χ1v) is 11.2. The van der Waals surface area contributed by atoms with Gasteiger partial charge in [0.2, 0.25) is 5.76 Å². The number of nitrogens with zero attached hydrogens (tertiary/aromatic N) is 2. The molecule has 1 aliphatic rings. The summed E-state index contributed by atoms with van der Waals surface area (Å²) in [5.74, 6) is -0.310. The van der Waals surface area contributed by atoms with Gasteiger partial charge in [0.1, 0.15) is 5.58 Å². The van der Waals surface area contributed by atoms with Crippen LogP contribution in [0, 0.1) is 6.92 Å². The molecule has 3 aromatic carbocycles. The maximum atomic E-state index is 13.6. The Balaban J connectivity index is 1.64. The molecule has 32 heavy (non-hydrogen) atoms. The van der Waals surface area contributed by atoms with Crippen molar-refractivity contribution < 1.29 is 9.21 Å². The second-order valence-electron chi connectivity index (χ2n) is 7.77. The summed E-state index contributed by atoms with van der Waals surface area (Å²) in [6.07, 6.45) is 0. The first-order chi connectivity index (χ1) is 15.5. The van der Waals surface area contributed by atoms with Crippen LogP contribution >= 0.6 is 22.9 Å². The predicted octanol–water partition coefficient (Wildman–Crippen LogP) is 6.11. The lowest BCUT2D eigenvalue weighted by Crippen LogP contribution is -2.29. The van der Waals surface area contributed by atoms with Gasteiger partial charge in [-0.3, -0.25) is 14.5 Å². The lowest BCUT2D eigenvalue weighted by Gasteiger charge is -2.22. The van der Waals surface area contributed by atoms with Gasteiger partial charge in [-0.15, -0.1) is 0 Å². The van der Waals surface area contributed by atoms with E-state index in [0.717, 1.165) is 21.3 Å². The van der Waals surface area contributed by atoms with Crippen LogP contribution in [0.1, 0.15) is 33.3 Å². The molecule has 7 heteroatoms. The summed E-state index contributed by atoms with van der Waals surface area (Å²) in [6.45, 7) is 1.99. The molecular formula is C25H15ClN2O3S. The van der Waals surface area contributed by atoms with Crippen molar-refractivity contribution in [2.45, 2.75) is 13.0 Å². The van der Waals surface area contributed by atoms with Crippen LogP contribution in [-0.4, -0.2) is 10.9 Å². The van der Waals surface area contributed by atoms with E-state index in [1.54, 1.807) is 35.2 Å². The number of carbonyl (C=O) groups excluding carboxylic acids is 1. The number of aryl methyl sites for hydroxylation is 1. The first kappa shape index (κ1) is 19.2. The van der Waals surface area contributed by atoms with Gasteiger partial charge in [0.15, 0.2) is 10.6 Å². The Labute approximate surface area is 191 Å². The van der Waals surface area contributed by atoms with E-state index < -0.39 is 6.04 Å². The predicted molar refractivity (Wildman–Crippen MR) is 127 cm³/mol. The van der Waals surface area contributed by atoms with Gasteiger partial charge in [-0.25, -0.2) is 4.98 Å². The fourth-order valence-corrected chi connectivity index (χ4v) is 5.44. The molecule has 0 saturated heterocycles. The number of benzene rings is 3. The average Bonchev–Trinajstić information content (AvgIpc) is 3.33. The van der Waals surface area contributed by atoms with Crippen molar-refractivity contribution in [3.63, 3.8) is 0 Å². The van der Waals surface area contributed by atoms with E-state index in [-0.39, 0.29) is 17.1 Å². The fraction of sp³-hybridized carbons (Fsp3) is 0.0800. The number of anilines is 1. The minimum absolute atomic E-state index is 0.0663. The zero-order valence-electron chi connectivity index (χ0n) is 16.8. The molecule has 156 valence electrons. The van der Waals surface area contributed by atoms with E-state index in [4.69, 9.17) is 16.0 Å². The largest absolute Gasteiger partial charge is 0.450 e. The average molecular weight is 459 g/mol. The van der Waals surface area contributed by atoms with Gasteiger partial charge in [-0.1, -0.05) is 64.9 Å². The maximum absolute atomic E-state index is 13.6. The number of para-hydroxylation sites is 1. The molecule has 1 aliphatic heterocycles. The van der Waals surface area contributed by atoms with Crippen LogP contribution in [0.3, 0.4) is 0 Å². The second kappa shape index (κ2) is 7.02. The van der Waals surface area contributed by atoms with E-state index in [0.29, 0.717) is 26.7 Å². The minimum Gasteiger partial charge on any atom is -0.450 e. The Hall–Kier alpha value is -3.48. The fourth-order valence-electron chi connectivity index (χ4n) is 4.17. The van der Waals surface area contributed by atoms with Crippen LogP contribution in [0.25, 0.3) is 21.2 Å². The van der Waals surface area contributed by atoms with Gasteiger partial charge < -0.3 is 4.42 Å². The van der Waals surface area contributed by atoms with Gasteiger partial charge in [-0.2, -0.15) is 0 Å². The molecule has 0 fully saturated rings. The summed E-state index contributed by atoms with van der Waals surface area (Å²) < 4.78 is 6.85. The van der Waals surface area contributed by atoms with Gasteiger partial charge in [-0.05, 0) is 42.8 Å². The van der Waals surface area contributed by atoms with Gasteiger partial charge in [0.05, 0.1) is 27.2 Å². The molecule has 0 radical (unpaired) electrons. The summed E-state index contributed by atoms with van der Waals surface area (Å²) in [5, 5.41) is 1.55. The van der Waals surface area contributed by atoms with Crippen molar-refractivity contribution in [1.82, 2.24) is 4.98 Å². The smallest absolute Gasteiger partial charge is 0.297 e. The monoisotopic (exact) mass is 458 g/mol. The minimum atomic E-state index is -0.630. The summed E-state index contributed by atoms with van der Waals surface area (Å²) in [6, 6.07) is 19.6. The number of halogens is 1. The Morgan fingerprint density at radius 2 is 1.81 bits per heavy atom. The van der Waals surface area contributed by atoms with Gasteiger partial charge in [0, 0.05) is 5.02 Å². The number of hydrogen-bond donors (Lipinski definition) is 0. The van der Waals surface area contributed by atoms with Crippen molar-refractivity contribution in [2.24, 2.45) is 0 Å². The lowest BCUT2D eigenvalue weighted by molar-refractivity contribution is 0.0971. The summed E-state index contributed by atoms with van der Waals surface area (Å²) in [7, 11) is 0. The maximum Gasteiger partial charge on any atom is 0.297 e. The molecule has 5 nitrogen and oxygen atoms in total. The molecule has 5 aromatic rings. The zero-order valence-corrected chi connectivity index (χ0v) is 18.4. The van der Waals surface area contributed by atoms with Crippen LogP contribution in [0.5, 0.6) is 0 Å². The molecule has 0 aliphatic carbocycles. The molecule has 0 bridgehead atoms. The van der Waals surface area contributed by atoms with Gasteiger partial charge in [0.25, 0.3) is 5.91 Å². The van der Waals surface area contributed by atoms with E-state index in [1.165, 1.54) is 11.3 Å². The van der Waals surface area contributed by atoms with Crippen LogP contribution in [0.15, 0.2) is 75.9 Å². The molecule has 1 amide bonds. The number of aromatic nitrogens is 1. The summed E-state index contributed by atoms with van der Waals surface area (Å²) in [4.78, 5) is 33.4. The SMILES string of the molecule is Cc1ccc([C@H]2c3c(oc4ccccc4c3=O)C(=O)N2c2nc3ccc(Cl)cc3s2)cc1. The molecule has 3 heterocycles. The van der Waals surface area contributed by atoms with Gasteiger partial charge >= 0.3 is 0 Å². The molecule has 6 rings (SSSR count). The topological polar surface area (TPSA) is 63.4 Å². The lowest BCUT2D eigenvalue weighted by atomic mass is 9.98. The molecule has 0 N–H and O–H groups in total. The number of hydrogen-bond acceptors (Lipinski definition) is 5. The third-order valence-electron chi connectivity index (χ3n) is 5.72. The highest BCUT2D eigenvalue weighted by atomic mass is 35.5. The molecule has 0 unspecified atom stereocenters. The highest BCUT2D eigenvalue weighted by molar-refractivity contribution is 7.22. The molecule has 2 aromatic heterocycles. The number of rotatable bonds is 2. The van der Waals surface area contributed by atoms with Crippen molar-refractivity contribution >= 4 is 55.2 Å². The summed E-state index contributed by atoms with van der Waals surface area (Å²) >= 11 is 7.51. The third-order valence-corrected chi connectivity index (χ3v) is 6.97. The van der Waals surface area contributed by atoms with E-state index >= 15 is 0 Å². The number of amides is 1. The van der Waals surface area contributed by atoms with Crippen LogP contribution in [-0.2, 0) is 0 Å². The number of thiazole rings is 1. The first-order valence-electron chi connectivity index (χ1n) is 10.0.